The smallest absolute Gasteiger partial charge is 0.156 e. The molecule has 2 aromatic carbocycles. The van der Waals surface area contributed by atoms with Gasteiger partial charge in [-0.05, 0) is 24.3 Å². The molecule has 2 aromatic heterocycles. The van der Waals surface area contributed by atoms with Crippen molar-refractivity contribution >= 4 is 32.7 Å². The predicted molar refractivity (Wildman–Crippen MR) is 96.5 cm³/mol. The Labute approximate surface area is 146 Å². The third kappa shape index (κ3) is 3.00. The van der Waals surface area contributed by atoms with Crippen molar-refractivity contribution in [2.24, 2.45) is 0 Å². The van der Waals surface area contributed by atoms with Crippen LogP contribution in [0.4, 0.5) is 5.82 Å². The van der Waals surface area contributed by atoms with Gasteiger partial charge in [0.05, 0.1) is 12.1 Å². The minimum Gasteiger partial charge on any atom is -0.362 e. The zero-order valence-electron chi connectivity index (χ0n) is 12.6. The van der Waals surface area contributed by atoms with E-state index in [0.29, 0.717) is 6.54 Å². The lowest BCUT2D eigenvalue weighted by Crippen LogP contribution is -2.01. The highest BCUT2D eigenvalue weighted by Gasteiger charge is 2.08. The van der Waals surface area contributed by atoms with Crippen LogP contribution in [0.3, 0.4) is 0 Å². The maximum Gasteiger partial charge on any atom is 0.156 e. The van der Waals surface area contributed by atoms with Gasteiger partial charge >= 0.3 is 0 Å². The van der Waals surface area contributed by atoms with Crippen LogP contribution in [0.5, 0.6) is 0 Å². The fourth-order valence-corrected chi connectivity index (χ4v) is 2.73. The van der Waals surface area contributed by atoms with E-state index in [9.17, 15) is 0 Å². The first-order valence-electron chi connectivity index (χ1n) is 7.45. The van der Waals surface area contributed by atoms with Crippen molar-refractivity contribution in [3.8, 4) is 11.3 Å². The molecule has 0 saturated heterocycles. The summed E-state index contributed by atoms with van der Waals surface area (Å²) in [5.74, 6) is 1.53. The van der Waals surface area contributed by atoms with Crippen LogP contribution in [0.1, 0.15) is 5.76 Å². The summed E-state index contributed by atoms with van der Waals surface area (Å²) in [6, 6.07) is 17.8. The van der Waals surface area contributed by atoms with Gasteiger partial charge in [-0.1, -0.05) is 45.4 Å². The van der Waals surface area contributed by atoms with Crippen molar-refractivity contribution < 1.29 is 4.52 Å². The minimum absolute atomic E-state index is 0.504. The largest absolute Gasteiger partial charge is 0.362 e. The molecule has 5 nitrogen and oxygen atoms in total. The molecule has 0 spiro atoms. The highest BCUT2D eigenvalue weighted by atomic mass is 79.9. The molecular formula is C18H13BrN4O. The second kappa shape index (κ2) is 6.41. The fraction of sp³-hybridized carbons (Fsp3) is 0.0556. The third-order valence-electron chi connectivity index (χ3n) is 3.67. The molecule has 24 heavy (non-hydrogen) atoms. The quantitative estimate of drug-likeness (QED) is 0.557. The SMILES string of the molecule is Brc1ccc(-c2cc(CNc3ncnc4ccccc34)on2)cc1. The highest BCUT2D eigenvalue weighted by Crippen LogP contribution is 2.23. The number of aromatic nitrogens is 3. The lowest BCUT2D eigenvalue weighted by Gasteiger charge is -2.05. The Hall–Kier alpha value is -2.73. The summed E-state index contributed by atoms with van der Waals surface area (Å²) in [6.45, 7) is 0.504. The van der Waals surface area contributed by atoms with E-state index in [1.165, 1.54) is 0 Å². The topological polar surface area (TPSA) is 63.8 Å². The molecule has 4 rings (SSSR count). The molecule has 6 heteroatoms. The van der Waals surface area contributed by atoms with Gasteiger partial charge in [0.1, 0.15) is 17.8 Å². The van der Waals surface area contributed by atoms with Crippen LogP contribution in [0.2, 0.25) is 0 Å². The molecule has 0 fully saturated rings. The average Bonchev–Trinajstić information content (AvgIpc) is 3.09. The van der Waals surface area contributed by atoms with Crippen molar-refractivity contribution in [3.63, 3.8) is 0 Å². The van der Waals surface area contributed by atoms with Crippen LogP contribution in [-0.4, -0.2) is 15.1 Å². The number of benzene rings is 2. The van der Waals surface area contributed by atoms with E-state index in [0.717, 1.165) is 38.2 Å². The van der Waals surface area contributed by atoms with E-state index in [1.807, 2.05) is 54.6 Å². The number of anilines is 1. The molecule has 0 aliphatic heterocycles. The third-order valence-corrected chi connectivity index (χ3v) is 4.20. The molecule has 0 radical (unpaired) electrons. The summed E-state index contributed by atoms with van der Waals surface area (Å²) >= 11 is 3.43. The fourth-order valence-electron chi connectivity index (χ4n) is 2.47. The summed E-state index contributed by atoms with van der Waals surface area (Å²) in [6.07, 6.45) is 1.55. The summed E-state index contributed by atoms with van der Waals surface area (Å²) in [7, 11) is 0. The zero-order valence-corrected chi connectivity index (χ0v) is 14.2. The van der Waals surface area contributed by atoms with Gasteiger partial charge in [-0.3, -0.25) is 0 Å². The number of fused-ring (bicyclic) bond motifs is 1. The Morgan fingerprint density at radius 3 is 2.71 bits per heavy atom. The molecule has 118 valence electrons. The van der Waals surface area contributed by atoms with E-state index in [2.05, 4.69) is 36.4 Å². The monoisotopic (exact) mass is 380 g/mol. The van der Waals surface area contributed by atoms with Crippen LogP contribution in [-0.2, 0) is 6.54 Å². The van der Waals surface area contributed by atoms with E-state index < -0.39 is 0 Å². The van der Waals surface area contributed by atoms with Crippen LogP contribution in [0.25, 0.3) is 22.2 Å². The lowest BCUT2D eigenvalue weighted by molar-refractivity contribution is 0.390. The molecule has 0 saturated carbocycles. The van der Waals surface area contributed by atoms with Gasteiger partial charge in [0, 0.05) is 21.5 Å². The number of hydrogen-bond donors (Lipinski definition) is 1. The average molecular weight is 381 g/mol. The molecule has 0 aliphatic rings. The first kappa shape index (κ1) is 14.8. The first-order valence-corrected chi connectivity index (χ1v) is 8.24. The van der Waals surface area contributed by atoms with Crippen molar-refractivity contribution in [1.82, 2.24) is 15.1 Å². The summed E-state index contributed by atoms with van der Waals surface area (Å²) < 4.78 is 6.45. The Balaban J connectivity index is 1.53. The van der Waals surface area contributed by atoms with Gasteiger partial charge in [-0.2, -0.15) is 0 Å². The second-order valence-electron chi connectivity index (χ2n) is 5.28. The Morgan fingerprint density at radius 1 is 1.00 bits per heavy atom. The van der Waals surface area contributed by atoms with Crippen molar-refractivity contribution in [3.05, 3.63) is 71.2 Å². The number of halogens is 1. The van der Waals surface area contributed by atoms with Gasteiger partial charge < -0.3 is 9.84 Å². The number of nitrogens with zero attached hydrogens (tertiary/aromatic N) is 3. The summed E-state index contributed by atoms with van der Waals surface area (Å²) in [5.41, 5.74) is 2.73. The van der Waals surface area contributed by atoms with Crippen LogP contribution in [0.15, 0.2) is 69.9 Å². The maximum atomic E-state index is 5.42. The Morgan fingerprint density at radius 2 is 1.83 bits per heavy atom. The lowest BCUT2D eigenvalue weighted by atomic mass is 10.1. The second-order valence-corrected chi connectivity index (χ2v) is 6.19. The van der Waals surface area contributed by atoms with Crippen molar-refractivity contribution in [1.29, 1.82) is 0 Å². The van der Waals surface area contributed by atoms with Crippen LogP contribution >= 0.6 is 15.9 Å². The van der Waals surface area contributed by atoms with Crippen LogP contribution < -0.4 is 5.32 Å². The van der Waals surface area contributed by atoms with Crippen molar-refractivity contribution in [2.75, 3.05) is 5.32 Å². The molecule has 0 aliphatic carbocycles. The van der Waals surface area contributed by atoms with E-state index in [1.54, 1.807) is 6.33 Å². The number of rotatable bonds is 4. The standard InChI is InChI=1S/C18H13BrN4O/c19-13-7-5-12(6-8-13)17-9-14(24-23-17)10-20-18-15-3-1-2-4-16(15)21-11-22-18/h1-9,11H,10H2,(H,20,21,22). The molecular weight excluding hydrogens is 368 g/mol. The van der Waals surface area contributed by atoms with Gasteiger partial charge in [0.15, 0.2) is 5.76 Å². The normalized spacial score (nSPS) is 10.9. The first-order chi connectivity index (χ1) is 11.8. The van der Waals surface area contributed by atoms with Gasteiger partial charge in [0.25, 0.3) is 0 Å². The molecule has 4 aromatic rings. The molecule has 0 unspecified atom stereocenters. The van der Waals surface area contributed by atoms with E-state index in [-0.39, 0.29) is 0 Å². The summed E-state index contributed by atoms with van der Waals surface area (Å²) in [4.78, 5) is 8.56. The van der Waals surface area contributed by atoms with Crippen molar-refractivity contribution in [2.45, 2.75) is 6.54 Å². The minimum atomic E-state index is 0.504. The van der Waals surface area contributed by atoms with Gasteiger partial charge in [0.2, 0.25) is 0 Å². The van der Waals surface area contributed by atoms with Gasteiger partial charge in [-0.25, -0.2) is 9.97 Å². The highest BCUT2D eigenvalue weighted by molar-refractivity contribution is 9.10. The number of hydrogen-bond acceptors (Lipinski definition) is 5. The number of nitrogens with one attached hydrogen (secondary N) is 1. The maximum absolute atomic E-state index is 5.42. The Bertz CT molecular complexity index is 976. The molecule has 0 amide bonds. The van der Waals surface area contributed by atoms with Crippen LogP contribution in [0, 0.1) is 0 Å². The molecule has 2 heterocycles. The summed E-state index contributed by atoms with van der Waals surface area (Å²) in [5, 5.41) is 8.39. The number of para-hydroxylation sites is 1. The molecule has 0 bridgehead atoms. The molecule has 1 N–H and O–H groups in total. The van der Waals surface area contributed by atoms with Gasteiger partial charge in [-0.15, -0.1) is 0 Å². The Kier molecular flexibility index (Phi) is 3.96. The predicted octanol–water partition coefficient (Wildman–Crippen LogP) is 4.66. The molecule has 0 atom stereocenters. The van der Waals surface area contributed by atoms with E-state index in [4.69, 9.17) is 4.52 Å². The zero-order chi connectivity index (χ0) is 16.4. The van der Waals surface area contributed by atoms with E-state index >= 15 is 0 Å².